The molecule has 2 saturated carbocycles. The van der Waals surface area contributed by atoms with Crippen molar-refractivity contribution < 1.29 is 19.4 Å². The second-order valence-electron chi connectivity index (χ2n) is 11.7. The van der Waals surface area contributed by atoms with Crippen molar-refractivity contribution >= 4 is 11.8 Å². The highest BCUT2D eigenvalue weighted by Gasteiger charge is 2.61. The monoisotopic (exact) mass is 492 g/mol. The van der Waals surface area contributed by atoms with E-state index in [1.54, 1.807) is 7.11 Å². The van der Waals surface area contributed by atoms with Crippen LogP contribution in [0.1, 0.15) is 75.2 Å². The van der Waals surface area contributed by atoms with Crippen LogP contribution >= 0.6 is 0 Å². The van der Waals surface area contributed by atoms with E-state index in [0.717, 1.165) is 24.2 Å². The summed E-state index contributed by atoms with van der Waals surface area (Å²) in [7, 11) is 1.63. The highest BCUT2D eigenvalue weighted by molar-refractivity contribution is 5.94. The number of nitrogens with one attached hydrogen (secondary N) is 2. The van der Waals surface area contributed by atoms with Gasteiger partial charge in [0.1, 0.15) is 5.75 Å². The van der Waals surface area contributed by atoms with Gasteiger partial charge in [-0.25, -0.2) is 0 Å². The molecule has 2 aromatic carbocycles. The summed E-state index contributed by atoms with van der Waals surface area (Å²) in [6, 6.07) is 16.9. The predicted octanol–water partition coefficient (Wildman–Crippen LogP) is 4.86. The average molecular weight is 493 g/mol. The van der Waals surface area contributed by atoms with Crippen LogP contribution in [0.4, 0.5) is 0 Å². The molecule has 2 aliphatic rings. The Morgan fingerprint density at radius 3 is 2.36 bits per heavy atom. The van der Waals surface area contributed by atoms with Crippen LogP contribution in [0.15, 0.2) is 54.6 Å². The van der Waals surface area contributed by atoms with E-state index in [9.17, 15) is 14.7 Å². The number of aliphatic hydroxyl groups is 1. The zero-order valence-electron chi connectivity index (χ0n) is 22.0. The van der Waals surface area contributed by atoms with E-state index in [4.69, 9.17) is 4.74 Å². The van der Waals surface area contributed by atoms with E-state index in [2.05, 4.69) is 24.5 Å². The highest BCUT2D eigenvalue weighted by Crippen LogP contribution is 2.63. The molecular weight excluding hydrogens is 452 g/mol. The number of carbonyl (C=O) groups is 2. The number of amides is 2. The minimum atomic E-state index is -0.722. The van der Waals surface area contributed by atoms with Gasteiger partial charge in [0.05, 0.1) is 12.7 Å². The molecule has 2 fully saturated rings. The molecule has 36 heavy (non-hydrogen) atoms. The van der Waals surface area contributed by atoms with Gasteiger partial charge in [0.15, 0.2) is 0 Å². The molecule has 4 rings (SSSR count). The summed E-state index contributed by atoms with van der Waals surface area (Å²) in [4.78, 5) is 26.1. The third-order valence-electron chi connectivity index (χ3n) is 8.64. The van der Waals surface area contributed by atoms with Crippen LogP contribution in [0.5, 0.6) is 5.75 Å². The predicted molar refractivity (Wildman–Crippen MR) is 141 cm³/mol. The molecule has 6 heteroatoms. The first-order chi connectivity index (χ1) is 17.0. The molecule has 2 aliphatic carbocycles. The zero-order valence-corrected chi connectivity index (χ0v) is 22.0. The first-order valence-electron chi connectivity index (χ1n) is 13.0. The van der Waals surface area contributed by atoms with Crippen LogP contribution in [0, 0.1) is 16.7 Å². The highest BCUT2D eigenvalue weighted by atomic mass is 16.5. The largest absolute Gasteiger partial charge is 0.497 e. The molecule has 0 heterocycles. The lowest BCUT2D eigenvalue weighted by Crippen LogP contribution is -2.52. The van der Waals surface area contributed by atoms with E-state index < -0.39 is 5.60 Å². The number of rotatable bonds is 8. The molecule has 0 radical (unpaired) electrons. The Bertz CT molecular complexity index is 1060. The number of methoxy groups -OCH3 is 1. The first-order valence-corrected chi connectivity index (χ1v) is 13.0. The van der Waals surface area contributed by atoms with E-state index in [1.165, 1.54) is 0 Å². The van der Waals surface area contributed by atoms with Gasteiger partial charge in [0.25, 0.3) is 5.91 Å². The molecule has 0 aliphatic heterocycles. The van der Waals surface area contributed by atoms with Crippen LogP contribution in [0.25, 0.3) is 0 Å². The summed E-state index contributed by atoms with van der Waals surface area (Å²) in [6.07, 6.45) is 4.06. The molecule has 0 spiro atoms. The second kappa shape index (κ2) is 10.3. The van der Waals surface area contributed by atoms with E-state index in [1.807, 2.05) is 61.5 Å². The van der Waals surface area contributed by atoms with Gasteiger partial charge in [0, 0.05) is 24.6 Å². The van der Waals surface area contributed by atoms with Gasteiger partial charge >= 0.3 is 0 Å². The third kappa shape index (κ3) is 5.59. The maximum Gasteiger partial charge on any atom is 0.251 e. The Morgan fingerprint density at radius 2 is 1.69 bits per heavy atom. The Balaban J connectivity index is 1.49. The molecule has 4 unspecified atom stereocenters. The summed E-state index contributed by atoms with van der Waals surface area (Å²) in [6.45, 7) is 6.87. The molecule has 0 bridgehead atoms. The molecule has 2 aromatic rings. The summed E-state index contributed by atoms with van der Waals surface area (Å²) in [5, 5.41) is 17.4. The Morgan fingerprint density at radius 1 is 1.00 bits per heavy atom. The fraction of sp³-hybridized carbons (Fsp3) is 0.533. The van der Waals surface area contributed by atoms with Crippen molar-refractivity contribution in [1.82, 2.24) is 10.6 Å². The van der Waals surface area contributed by atoms with E-state index in [0.29, 0.717) is 37.8 Å². The number of fused-ring (bicyclic) bond motifs is 1. The minimum Gasteiger partial charge on any atom is -0.497 e. The molecule has 2 amide bonds. The molecule has 3 N–H and O–H groups in total. The molecule has 194 valence electrons. The number of ether oxygens (including phenoxy) is 1. The minimum absolute atomic E-state index is 0.00844. The van der Waals surface area contributed by atoms with Crippen molar-refractivity contribution in [2.24, 2.45) is 16.7 Å². The maximum absolute atomic E-state index is 13.2. The summed E-state index contributed by atoms with van der Waals surface area (Å²) in [5.41, 5.74) is 0.657. The standard InChI is InChI=1S/C30H40N2O4/c1-28(2)19-25(32-27(34)22-8-6-5-7-9-22)30(17-16-29(3,35)18-24(28)30)15-14-26(33)31-20-21-10-12-23(36-4)13-11-21/h5-13,24-25,35H,14-20H2,1-4H3,(H,31,33)(H,32,34). The summed E-state index contributed by atoms with van der Waals surface area (Å²) >= 11 is 0. The molecule has 0 aromatic heterocycles. The number of hydrogen-bond donors (Lipinski definition) is 3. The van der Waals surface area contributed by atoms with Gasteiger partial charge in [-0.2, -0.15) is 0 Å². The van der Waals surface area contributed by atoms with Crippen molar-refractivity contribution in [3.05, 3.63) is 65.7 Å². The lowest BCUT2D eigenvalue weighted by Gasteiger charge is -2.50. The Kier molecular flexibility index (Phi) is 7.46. The van der Waals surface area contributed by atoms with Gasteiger partial charge in [-0.3, -0.25) is 9.59 Å². The van der Waals surface area contributed by atoms with Crippen molar-refractivity contribution in [1.29, 1.82) is 0 Å². The Hall–Kier alpha value is -2.86. The van der Waals surface area contributed by atoms with Crippen molar-refractivity contribution in [3.8, 4) is 5.75 Å². The number of hydrogen-bond acceptors (Lipinski definition) is 4. The fourth-order valence-electron chi connectivity index (χ4n) is 6.64. The fourth-order valence-corrected chi connectivity index (χ4v) is 6.64. The van der Waals surface area contributed by atoms with Crippen molar-refractivity contribution in [2.75, 3.05) is 7.11 Å². The average Bonchev–Trinajstić information content (AvgIpc) is 3.07. The lowest BCUT2D eigenvalue weighted by atomic mass is 9.57. The zero-order chi connectivity index (χ0) is 26.0. The third-order valence-corrected chi connectivity index (χ3v) is 8.64. The lowest BCUT2D eigenvalue weighted by molar-refractivity contribution is -0.123. The maximum atomic E-state index is 13.2. The summed E-state index contributed by atoms with van der Waals surface area (Å²) in [5.74, 6) is 0.937. The number of benzene rings is 2. The van der Waals surface area contributed by atoms with Crippen LogP contribution in [0.2, 0.25) is 0 Å². The van der Waals surface area contributed by atoms with Crippen molar-refractivity contribution in [2.45, 2.75) is 77.5 Å². The smallest absolute Gasteiger partial charge is 0.251 e. The van der Waals surface area contributed by atoms with Crippen LogP contribution in [-0.4, -0.2) is 35.7 Å². The summed E-state index contributed by atoms with van der Waals surface area (Å²) < 4.78 is 5.20. The quantitative estimate of drug-likeness (QED) is 0.491. The van der Waals surface area contributed by atoms with Crippen LogP contribution < -0.4 is 15.4 Å². The van der Waals surface area contributed by atoms with Gasteiger partial charge in [0.2, 0.25) is 5.91 Å². The molecular formula is C30H40N2O4. The second-order valence-corrected chi connectivity index (χ2v) is 11.7. The Labute approximate surface area is 214 Å². The van der Waals surface area contributed by atoms with Crippen LogP contribution in [0.3, 0.4) is 0 Å². The molecule has 4 atom stereocenters. The number of carbonyl (C=O) groups excluding carboxylic acids is 2. The van der Waals surface area contributed by atoms with Gasteiger partial charge in [-0.1, -0.05) is 44.2 Å². The normalized spacial score (nSPS) is 28.7. The van der Waals surface area contributed by atoms with E-state index >= 15 is 0 Å². The van der Waals surface area contributed by atoms with E-state index in [-0.39, 0.29) is 34.6 Å². The van der Waals surface area contributed by atoms with Gasteiger partial charge in [-0.05, 0) is 85.6 Å². The first kappa shape index (κ1) is 26.2. The van der Waals surface area contributed by atoms with Gasteiger partial charge < -0.3 is 20.5 Å². The van der Waals surface area contributed by atoms with Crippen molar-refractivity contribution in [3.63, 3.8) is 0 Å². The van der Waals surface area contributed by atoms with Crippen LogP contribution in [-0.2, 0) is 11.3 Å². The topological polar surface area (TPSA) is 87.7 Å². The van der Waals surface area contributed by atoms with Gasteiger partial charge in [-0.15, -0.1) is 0 Å². The SMILES string of the molecule is COc1ccc(CNC(=O)CCC23CCC(C)(O)CC2C(C)(C)CC3NC(=O)c2ccccc2)cc1. The molecule has 0 saturated heterocycles. The molecule has 6 nitrogen and oxygen atoms in total.